The van der Waals surface area contributed by atoms with Gasteiger partial charge in [0.2, 0.25) is 0 Å². The Bertz CT molecular complexity index is 408. The van der Waals surface area contributed by atoms with Crippen LogP contribution in [0, 0.1) is 0 Å². The molecule has 1 aromatic rings. The van der Waals surface area contributed by atoms with Gasteiger partial charge in [-0.05, 0) is 39.0 Å². The van der Waals surface area contributed by atoms with E-state index >= 15 is 0 Å². The first-order valence-corrected chi connectivity index (χ1v) is 6.70. The lowest BCUT2D eigenvalue weighted by atomic mass is 10.3. The summed E-state index contributed by atoms with van der Waals surface area (Å²) in [4.78, 5) is 13.7. The Hall–Kier alpha value is -1.07. The molecule has 18 heavy (non-hydrogen) atoms. The van der Waals surface area contributed by atoms with Crippen LogP contribution in [0.3, 0.4) is 0 Å². The normalized spacial score (nSPS) is 12.3. The van der Waals surface area contributed by atoms with E-state index in [-0.39, 0.29) is 12.1 Å². The minimum atomic E-state index is -0.541. The van der Waals surface area contributed by atoms with E-state index in [1.807, 2.05) is 38.1 Å². The average Bonchev–Trinajstić information content (AvgIpc) is 2.25. The molecule has 1 atom stereocenters. The molecule has 100 valence electrons. The smallest absolute Gasteiger partial charge is 0.322 e. The fourth-order valence-electron chi connectivity index (χ4n) is 1.57. The van der Waals surface area contributed by atoms with Gasteiger partial charge in [-0.1, -0.05) is 22.0 Å². The monoisotopic (exact) mass is 314 g/mol. The van der Waals surface area contributed by atoms with E-state index < -0.39 is 6.10 Å². The SMILES string of the molecule is CC(O)CN(C(=O)Nc1cccc(Br)c1)C(C)C. The van der Waals surface area contributed by atoms with Crippen LogP contribution in [0.15, 0.2) is 28.7 Å². The highest BCUT2D eigenvalue weighted by Gasteiger charge is 2.18. The molecule has 0 aromatic heterocycles. The van der Waals surface area contributed by atoms with E-state index in [0.717, 1.165) is 10.2 Å². The van der Waals surface area contributed by atoms with Gasteiger partial charge in [-0.15, -0.1) is 0 Å². The van der Waals surface area contributed by atoms with Gasteiger partial charge in [-0.3, -0.25) is 0 Å². The predicted octanol–water partition coefficient (Wildman–Crippen LogP) is 3.07. The van der Waals surface area contributed by atoms with E-state index in [2.05, 4.69) is 21.2 Å². The minimum absolute atomic E-state index is 0.0340. The first-order chi connectivity index (χ1) is 8.40. The van der Waals surface area contributed by atoms with Gasteiger partial charge < -0.3 is 15.3 Å². The van der Waals surface area contributed by atoms with Crippen molar-refractivity contribution in [2.75, 3.05) is 11.9 Å². The lowest BCUT2D eigenvalue weighted by molar-refractivity contribution is 0.125. The van der Waals surface area contributed by atoms with Crippen LogP contribution in [0.25, 0.3) is 0 Å². The molecular weight excluding hydrogens is 296 g/mol. The molecule has 0 saturated carbocycles. The summed E-state index contributed by atoms with van der Waals surface area (Å²) in [6.07, 6.45) is -0.541. The molecule has 0 saturated heterocycles. The number of carbonyl (C=O) groups excluding carboxylic acids is 1. The number of nitrogens with zero attached hydrogens (tertiary/aromatic N) is 1. The fourth-order valence-corrected chi connectivity index (χ4v) is 1.97. The van der Waals surface area contributed by atoms with Gasteiger partial charge in [0, 0.05) is 22.7 Å². The van der Waals surface area contributed by atoms with Crippen molar-refractivity contribution < 1.29 is 9.90 Å². The van der Waals surface area contributed by atoms with Crippen molar-refractivity contribution >= 4 is 27.6 Å². The second kappa shape index (κ2) is 6.75. The third kappa shape index (κ3) is 4.66. The zero-order valence-electron chi connectivity index (χ0n) is 10.9. The number of hydrogen-bond acceptors (Lipinski definition) is 2. The maximum absolute atomic E-state index is 12.1. The molecule has 0 aliphatic carbocycles. The van der Waals surface area contributed by atoms with Crippen LogP contribution in [0.1, 0.15) is 20.8 Å². The summed E-state index contributed by atoms with van der Waals surface area (Å²) in [6, 6.07) is 7.23. The van der Waals surface area contributed by atoms with Crippen LogP contribution in [-0.2, 0) is 0 Å². The first-order valence-electron chi connectivity index (χ1n) is 5.91. The first kappa shape index (κ1) is 15.0. The lowest BCUT2D eigenvalue weighted by Gasteiger charge is -2.28. The van der Waals surface area contributed by atoms with E-state index in [4.69, 9.17) is 0 Å². The van der Waals surface area contributed by atoms with Crippen molar-refractivity contribution in [3.63, 3.8) is 0 Å². The van der Waals surface area contributed by atoms with E-state index in [1.54, 1.807) is 11.8 Å². The molecule has 4 nitrogen and oxygen atoms in total. The minimum Gasteiger partial charge on any atom is -0.392 e. The van der Waals surface area contributed by atoms with Gasteiger partial charge in [0.1, 0.15) is 0 Å². The predicted molar refractivity (Wildman–Crippen MR) is 76.7 cm³/mol. The Balaban J connectivity index is 2.72. The molecule has 0 spiro atoms. The topological polar surface area (TPSA) is 52.6 Å². The zero-order chi connectivity index (χ0) is 13.7. The number of halogens is 1. The van der Waals surface area contributed by atoms with Gasteiger partial charge in [-0.25, -0.2) is 4.79 Å². The number of nitrogens with one attached hydrogen (secondary N) is 1. The Morgan fingerprint density at radius 1 is 1.44 bits per heavy atom. The number of urea groups is 1. The third-order valence-electron chi connectivity index (χ3n) is 2.42. The fraction of sp³-hybridized carbons (Fsp3) is 0.462. The lowest BCUT2D eigenvalue weighted by Crippen LogP contribution is -2.43. The van der Waals surface area contributed by atoms with Crippen molar-refractivity contribution in [3.8, 4) is 0 Å². The van der Waals surface area contributed by atoms with Gasteiger partial charge in [-0.2, -0.15) is 0 Å². The Labute approximate surface area is 116 Å². The molecular formula is C13H19BrN2O2. The quantitative estimate of drug-likeness (QED) is 0.897. The molecule has 2 N–H and O–H groups in total. The van der Waals surface area contributed by atoms with E-state index in [9.17, 15) is 9.90 Å². The van der Waals surface area contributed by atoms with Crippen molar-refractivity contribution in [1.29, 1.82) is 0 Å². The zero-order valence-corrected chi connectivity index (χ0v) is 12.4. The molecule has 2 amide bonds. The van der Waals surface area contributed by atoms with Gasteiger partial charge in [0.15, 0.2) is 0 Å². The molecule has 0 radical (unpaired) electrons. The standard InChI is InChI=1S/C13H19BrN2O2/c1-9(2)16(8-10(3)17)13(18)15-12-6-4-5-11(14)7-12/h4-7,9-10,17H,8H2,1-3H3,(H,15,18). The van der Waals surface area contributed by atoms with Gasteiger partial charge in [0.25, 0.3) is 0 Å². The van der Waals surface area contributed by atoms with Crippen LogP contribution in [0.4, 0.5) is 10.5 Å². The van der Waals surface area contributed by atoms with E-state index in [0.29, 0.717) is 6.54 Å². The van der Waals surface area contributed by atoms with Crippen LogP contribution >= 0.6 is 15.9 Å². The summed E-state index contributed by atoms with van der Waals surface area (Å²) in [7, 11) is 0. The molecule has 0 fully saturated rings. The number of aliphatic hydroxyl groups excluding tert-OH is 1. The average molecular weight is 315 g/mol. The Kier molecular flexibility index (Phi) is 5.62. The van der Waals surface area contributed by atoms with Gasteiger partial charge >= 0.3 is 6.03 Å². The highest BCUT2D eigenvalue weighted by molar-refractivity contribution is 9.10. The van der Waals surface area contributed by atoms with Crippen molar-refractivity contribution in [2.45, 2.75) is 32.9 Å². The summed E-state index contributed by atoms with van der Waals surface area (Å²) < 4.78 is 0.909. The Morgan fingerprint density at radius 3 is 2.61 bits per heavy atom. The van der Waals surface area contributed by atoms with Crippen molar-refractivity contribution in [1.82, 2.24) is 4.90 Å². The number of anilines is 1. The summed E-state index contributed by atoms with van der Waals surface area (Å²) >= 11 is 3.35. The third-order valence-corrected chi connectivity index (χ3v) is 2.91. The molecule has 1 rings (SSSR count). The molecule has 0 bridgehead atoms. The van der Waals surface area contributed by atoms with Crippen LogP contribution in [-0.4, -0.2) is 34.7 Å². The number of hydrogen-bond donors (Lipinski definition) is 2. The number of carbonyl (C=O) groups is 1. The molecule has 5 heteroatoms. The summed E-state index contributed by atoms with van der Waals surface area (Å²) in [5, 5.41) is 12.2. The molecule has 0 aliphatic rings. The summed E-state index contributed by atoms with van der Waals surface area (Å²) in [5.41, 5.74) is 0.727. The number of benzene rings is 1. The highest BCUT2D eigenvalue weighted by Crippen LogP contribution is 2.16. The van der Waals surface area contributed by atoms with E-state index in [1.165, 1.54) is 0 Å². The molecule has 0 aliphatic heterocycles. The number of amides is 2. The molecule has 0 heterocycles. The van der Waals surface area contributed by atoms with Crippen LogP contribution < -0.4 is 5.32 Å². The number of aliphatic hydroxyl groups is 1. The summed E-state index contributed by atoms with van der Waals surface area (Å²) in [6.45, 7) is 5.82. The number of rotatable bonds is 4. The maximum Gasteiger partial charge on any atom is 0.322 e. The van der Waals surface area contributed by atoms with Gasteiger partial charge in [0.05, 0.1) is 6.10 Å². The van der Waals surface area contributed by atoms with Crippen LogP contribution in [0.2, 0.25) is 0 Å². The largest absolute Gasteiger partial charge is 0.392 e. The highest BCUT2D eigenvalue weighted by atomic mass is 79.9. The second-order valence-corrected chi connectivity index (χ2v) is 5.45. The van der Waals surface area contributed by atoms with Crippen LogP contribution in [0.5, 0.6) is 0 Å². The maximum atomic E-state index is 12.1. The van der Waals surface area contributed by atoms with Crippen molar-refractivity contribution in [2.24, 2.45) is 0 Å². The Morgan fingerprint density at radius 2 is 2.11 bits per heavy atom. The van der Waals surface area contributed by atoms with Crippen molar-refractivity contribution in [3.05, 3.63) is 28.7 Å². The molecule has 1 aromatic carbocycles. The molecule has 1 unspecified atom stereocenters. The second-order valence-electron chi connectivity index (χ2n) is 4.54. The summed E-state index contributed by atoms with van der Waals surface area (Å²) in [5.74, 6) is 0.